The number of hydrogen-bond acceptors (Lipinski definition) is 5. The number of rotatable bonds is 7. The summed E-state index contributed by atoms with van der Waals surface area (Å²) in [6.07, 6.45) is -1.08. The van der Waals surface area contributed by atoms with E-state index in [-0.39, 0.29) is 11.5 Å². The van der Waals surface area contributed by atoms with E-state index in [2.05, 4.69) is 15.6 Å². The minimum absolute atomic E-state index is 0.151. The van der Waals surface area contributed by atoms with Gasteiger partial charge in [-0.25, -0.2) is 9.59 Å². The van der Waals surface area contributed by atoms with Crippen LogP contribution in [0.4, 0.5) is 10.5 Å². The van der Waals surface area contributed by atoms with E-state index in [1.165, 1.54) is 20.8 Å². The lowest BCUT2D eigenvalue weighted by Crippen LogP contribution is -2.43. The van der Waals surface area contributed by atoms with E-state index in [0.717, 1.165) is 0 Å². The molecule has 0 aliphatic heterocycles. The fraction of sp³-hybridized carbons (Fsp3) is 0.333. The molecule has 2 rings (SSSR count). The number of amides is 2. The number of ether oxygens (including phenoxy) is 1. The maximum atomic E-state index is 12.7. The van der Waals surface area contributed by atoms with Gasteiger partial charge in [-0.05, 0) is 52.3 Å². The second-order valence-electron chi connectivity index (χ2n) is 6.81. The Morgan fingerprint density at radius 2 is 1.66 bits per heavy atom. The van der Waals surface area contributed by atoms with E-state index in [1.54, 1.807) is 38.1 Å². The summed E-state index contributed by atoms with van der Waals surface area (Å²) >= 11 is 0. The van der Waals surface area contributed by atoms with Crippen molar-refractivity contribution in [2.45, 2.75) is 46.8 Å². The van der Waals surface area contributed by atoms with Crippen molar-refractivity contribution in [2.24, 2.45) is 0 Å². The Labute approximate surface area is 169 Å². The summed E-state index contributed by atoms with van der Waals surface area (Å²) in [6, 6.07) is 7.23. The van der Waals surface area contributed by atoms with Crippen molar-refractivity contribution in [1.82, 2.24) is 10.3 Å². The Morgan fingerprint density at radius 3 is 2.21 bits per heavy atom. The van der Waals surface area contributed by atoms with Crippen LogP contribution in [0.1, 0.15) is 52.9 Å². The molecule has 0 aliphatic carbocycles. The average molecular weight is 399 g/mol. The second kappa shape index (κ2) is 9.18. The lowest BCUT2D eigenvalue weighted by molar-refractivity contribution is -0.148. The molecule has 1 aromatic heterocycles. The first-order chi connectivity index (χ1) is 13.6. The van der Waals surface area contributed by atoms with Gasteiger partial charge in [-0.3, -0.25) is 9.59 Å². The number of anilines is 1. The van der Waals surface area contributed by atoms with E-state index in [4.69, 9.17) is 4.74 Å². The monoisotopic (exact) mass is 399 g/mol. The van der Waals surface area contributed by atoms with Gasteiger partial charge in [0.2, 0.25) is 5.78 Å². The van der Waals surface area contributed by atoms with Gasteiger partial charge in [0.05, 0.1) is 5.69 Å². The van der Waals surface area contributed by atoms with Gasteiger partial charge in [0.15, 0.2) is 11.9 Å². The maximum absolute atomic E-state index is 12.7. The molecular weight excluding hydrogens is 374 g/mol. The number of urea groups is 1. The Kier molecular flexibility index (Phi) is 6.93. The van der Waals surface area contributed by atoms with Gasteiger partial charge in [-0.15, -0.1) is 0 Å². The number of carbonyl (C=O) groups is 4. The Morgan fingerprint density at radius 1 is 1.03 bits per heavy atom. The number of carbonyl (C=O) groups excluding carboxylic acids is 4. The van der Waals surface area contributed by atoms with Crippen molar-refractivity contribution in [3.05, 3.63) is 52.8 Å². The topological polar surface area (TPSA) is 117 Å². The molecule has 1 heterocycles. The number of nitrogens with one attached hydrogen (secondary N) is 3. The van der Waals surface area contributed by atoms with Gasteiger partial charge in [-0.2, -0.15) is 0 Å². The Hall–Kier alpha value is -3.42. The molecule has 0 fully saturated rings. The molecule has 2 atom stereocenters. The van der Waals surface area contributed by atoms with Crippen LogP contribution < -0.4 is 10.6 Å². The molecule has 0 bridgehead atoms. The first-order valence-electron chi connectivity index (χ1n) is 9.19. The summed E-state index contributed by atoms with van der Waals surface area (Å²) in [7, 11) is 0. The van der Waals surface area contributed by atoms with Crippen molar-refractivity contribution in [3.8, 4) is 0 Å². The predicted molar refractivity (Wildman–Crippen MR) is 108 cm³/mol. The molecule has 0 saturated heterocycles. The highest BCUT2D eigenvalue weighted by Crippen LogP contribution is 2.20. The molecule has 1 aromatic carbocycles. The molecule has 0 spiro atoms. The van der Waals surface area contributed by atoms with Crippen molar-refractivity contribution < 1.29 is 23.9 Å². The molecule has 8 nitrogen and oxygen atoms in total. The molecule has 29 heavy (non-hydrogen) atoms. The highest BCUT2D eigenvalue weighted by Gasteiger charge is 2.27. The molecule has 0 unspecified atom stereocenters. The third-order valence-electron chi connectivity index (χ3n) is 4.43. The van der Waals surface area contributed by atoms with E-state index in [1.807, 2.05) is 6.07 Å². The molecular formula is C21H25N3O5. The number of benzene rings is 1. The average Bonchev–Trinajstić information content (AvgIpc) is 2.95. The number of Topliss-reactive ketones (excluding diaryl/α,β-unsaturated/α-hetero) is 2. The number of aromatic amines is 1. The van der Waals surface area contributed by atoms with Crippen molar-refractivity contribution >= 4 is 29.3 Å². The summed E-state index contributed by atoms with van der Waals surface area (Å²) in [4.78, 5) is 51.5. The van der Waals surface area contributed by atoms with Crippen LogP contribution in [0.25, 0.3) is 0 Å². The van der Waals surface area contributed by atoms with Gasteiger partial charge < -0.3 is 20.4 Å². The molecule has 0 radical (unpaired) electrons. The number of aromatic nitrogens is 1. The zero-order chi connectivity index (χ0) is 21.7. The normalized spacial score (nSPS) is 12.6. The zero-order valence-corrected chi connectivity index (χ0v) is 17.1. The van der Waals surface area contributed by atoms with Crippen LogP contribution in [0.3, 0.4) is 0 Å². The highest BCUT2D eigenvalue weighted by atomic mass is 16.5. The van der Waals surface area contributed by atoms with Crippen molar-refractivity contribution in [2.75, 3.05) is 5.32 Å². The summed E-state index contributed by atoms with van der Waals surface area (Å²) in [5.74, 6) is -1.35. The Bertz CT molecular complexity index is 933. The molecule has 2 amide bonds. The van der Waals surface area contributed by atoms with Crippen LogP contribution in [0, 0.1) is 13.8 Å². The summed E-state index contributed by atoms with van der Waals surface area (Å²) in [6.45, 7) is 7.70. The summed E-state index contributed by atoms with van der Waals surface area (Å²) in [5, 5.41) is 5.06. The van der Waals surface area contributed by atoms with Crippen molar-refractivity contribution in [1.29, 1.82) is 0 Å². The van der Waals surface area contributed by atoms with Crippen LogP contribution in [0.5, 0.6) is 0 Å². The van der Waals surface area contributed by atoms with Crippen LogP contribution in [0.2, 0.25) is 0 Å². The lowest BCUT2D eigenvalue weighted by atomic mass is 10.0. The fourth-order valence-electron chi connectivity index (χ4n) is 3.00. The predicted octanol–water partition coefficient (Wildman–Crippen LogP) is 3.16. The number of esters is 1. The van der Waals surface area contributed by atoms with Gasteiger partial charge in [-0.1, -0.05) is 18.2 Å². The van der Waals surface area contributed by atoms with Crippen LogP contribution in [0.15, 0.2) is 30.3 Å². The highest BCUT2D eigenvalue weighted by molar-refractivity contribution is 6.05. The molecule has 0 saturated carbocycles. The largest absolute Gasteiger partial charge is 0.453 e. The van der Waals surface area contributed by atoms with E-state index < -0.39 is 29.9 Å². The standard InChI is InChI=1S/C21H25N3O5/c1-11-17(14(4)25)12(2)22-18(11)19(26)15(5)29-20(27)13(3)23-21(28)24-16-9-7-6-8-10-16/h6-10,13,15,22H,1-5H3,(H2,23,24,28)/t13-,15+/m0/s1. The lowest BCUT2D eigenvalue weighted by Gasteiger charge is -2.17. The van der Waals surface area contributed by atoms with E-state index in [0.29, 0.717) is 22.5 Å². The van der Waals surface area contributed by atoms with E-state index in [9.17, 15) is 19.2 Å². The van der Waals surface area contributed by atoms with Gasteiger partial charge in [0.25, 0.3) is 0 Å². The van der Waals surface area contributed by atoms with Crippen LogP contribution in [-0.4, -0.2) is 40.7 Å². The number of hydrogen-bond donors (Lipinski definition) is 3. The van der Waals surface area contributed by atoms with Gasteiger partial charge in [0, 0.05) is 16.9 Å². The van der Waals surface area contributed by atoms with Crippen molar-refractivity contribution in [3.63, 3.8) is 0 Å². The third kappa shape index (κ3) is 5.31. The van der Waals surface area contributed by atoms with Gasteiger partial charge >= 0.3 is 12.0 Å². The quantitative estimate of drug-likeness (QED) is 0.488. The SMILES string of the molecule is CC(=O)c1c(C)[nH]c(C(=O)[C@@H](C)OC(=O)[C@H](C)NC(=O)Nc2ccccc2)c1C. The minimum atomic E-state index is -1.08. The first-order valence-corrected chi connectivity index (χ1v) is 9.19. The molecule has 2 aromatic rings. The molecule has 0 aliphatic rings. The minimum Gasteiger partial charge on any atom is -0.453 e. The molecule has 3 N–H and O–H groups in total. The number of H-pyrrole nitrogens is 1. The fourth-order valence-corrected chi connectivity index (χ4v) is 3.00. The maximum Gasteiger partial charge on any atom is 0.329 e. The Balaban J connectivity index is 1.97. The summed E-state index contributed by atoms with van der Waals surface area (Å²) < 4.78 is 5.21. The first kappa shape index (κ1) is 21.9. The third-order valence-corrected chi connectivity index (χ3v) is 4.43. The number of para-hydroxylation sites is 1. The zero-order valence-electron chi connectivity index (χ0n) is 17.1. The van der Waals surface area contributed by atoms with Gasteiger partial charge in [0.1, 0.15) is 6.04 Å². The molecule has 8 heteroatoms. The smallest absolute Gasteiger partial charge is 0.329 e. The summed E-state index contributed by atoms with van der Waals surface area (Å²) in [5.41, 5.74) is 2.38. The number of aryl methyl sites for hydroxylation is 1. The van der Waals surface area contributed by atoms with E-state index >= 15 is 0 Å². The number of ketones is 2. The van der Waals surface area contributed by atoms with Crippen LogP contribution >= 0.6 is 0 Å². The van der Waals surface area contributed by atoms with Crippen LogP contribution in [-0.2, 0) is 9.53 Å². The molecule has 154 valence electrons. The second-order valence-corrected chi connectivity index (χ2v) is 6.81.